The highest BCUT2D eigenvalue weighted by Gasteiger charge is 2.19. The van der Waals surface area contributed by atoms with Crippen molar-refractivity contribution >= 4 is 50.7 Å². The van der Waals surface area contributed by atoms with Crippen LogP contribution in [0.25, 0.3) is 16.0 Å². The number of anilines is 3. The van der Waals surface area contributed by atoms with E-state index in [1.54, 1.807) is 0 Å². The van der Waals surface area contributed by atoms with Crippen LogP contribution in [0.3, 0.4) is 0 Å². The van der Waals surface area contributed by atoms with Crippen LogP contribution in [0.4, 0.5) is 17.6 Å². The molecule has 3 N–H and O–H groups in total. The van der Waals surface area contributed by atoms with Gasteiger partial charge in [-0.3, -0.25) is 0 Å². The average Bonchev–Trinajstić information content (AvgIpc) is 3.25. The number of aryl methyl sites for hydroxylation is 1. The third-order valence-corrected chi connectivity index (χ3v) is 5.88. The van der Waals surface area contributed by atoms with Gasteiger partial charge in [-0.05, 0) is 54.4 Å². The van der Waals surface area contributed by atoms with E-state index in [9.17, 15) is 0 Å². The number of rotatable bonds is 3. The lowest BCUT2D eigenvalue weighted by Crippen LogP contribution is -2.09. The molecule has 0 saturated carbocycles. The molecule has 0 radical (unpaired) electrons. The van der Waals surface area contributed by atoms with Crippen LogP contribution in [0, 0.1) is 6.92 Å². The van der Waals surface area contributed by atoms with Crippen molar-refractivity contribution in [1.82, 2.24) is 24.7 Å². The number of nitrogen functional groups attached to an aromatic ring is 1. The summed E-state index contributed by atoms with van der Waals surface area (Å²) in [6, 6.07) is 5.62. The monoisotopic (exact) mass is 443 g/mol. The summed E-state index contributed by atoms with van der Waals surface area (Å²) >= 11 is 7.68. The molecule has 1 aliphatic heterocycles. The van der Waals surface area contributed by atoms with E-state index in [1.165, 1.54) is 16.0 Å². The van der Waals surface area contributed by atoms with Crippen molar-refractivity contribution in [3.8, 4) is 17.3 Å². The smallest absolute Gasteiger partial charge is 0.241 e. The highest BCUT2D eigenvalue weighted by molar-refractivity contribution is 7.17. The van der Waals surface area contributed by atoms with Gasteiger partial charge in [0.05, 0.1) is 23.4 Å². The van der Waals surface area contributed by atoms with Crippen LogP contribution in [0.5, 0.6) is 11.5 Å². The summed E-state index contributed by atoms with van der Waals surface area (Å²) in [6.07, 6.45) is 1.92. The summed E-state index contributed by atoms with van der Waals surface area (Å²) < 4.78 is 14.0. The zero-order chi connectivity index (χ0) is 20.7. The molecule has 0 spiro atoms. The number of nitrogens with zero attached hydrogens (tertiary/aromatic N) is 5. The van der Waals surface area contributed by atoms with Crippen LogP contribution in [0.2, 0.25) is 5.28 Å². The molecule has 4 heterocycles. The number of nitrogens with one attached hydrogen (secondary N) is 1. The number of hydrogen-bond donors (Lipinski definition) is 2. The molecule has 0 aliphatic carbocycles. The van der Waals surface area contributed by atoms with Gasteiger partial charge in [0.15, 0.2) is 17.3 Å². The summed E-state index contributed by atoms with van der Waals surface area (Å²) in [5, 5.41) is 9.69. The maximum atomic E-state index is 6.17. The molecule has 9 nitrogen and oxygen atoms in total. The minimum atomic E-state index is 0.111. The van der Waals surface area contributed by atoms with Gasteiger partial charge < -0.3 is 20.5 Å². The Kier molecular flexibility index (Phi) is 4.80. The maximum absolute atomic E-state index is 6.17. The standard InChI is InChI=1S/C19H18ClN7O2S/c1-10-9-30-15-14(10)23-17(20)24-16(15)27-19(25-18(21)26-27)22-11-4-5-12-13(8-11)29-7-3-2-6-28-12/h4-5,8-9H,2-3,6-7H2,1H3,(H3,21,22,25,26). The van der Waals surface area contributed by atoms with Gasteiger partial charge in [-0.25, -0.2) is 4.98 Å². The molecule has 0 bridgehead atoms. The minimum absolute atomic E-state index is 0.111. The molecule has 3 aromatic heterocycles. The molecule has 154 valence electrons. The number of hydrogen-bond acceptors (Lipinski definition) is 9. The SMILES string of the molecule is Cc1csc2c(-n3nc(N)nc3Nc3ccc4c(c3)OCCCCO4)nc(Cl)nc12. The Bertz CT molecular complexity index is 1240. The Labute approximate surface area is 180 Å². The first kappa shape index (κ1) is 18.9. The van der Waals surface area contributed by atoms with Gasteiger partial charge in [0.25, 0.3) is 0 Å². The first-order valence-electron chi connectivity index (χ1n) is 9.39. The second-order valence-corrected chi connectivity index (χ2v) is 8.03. The van der Waals surface area contributed by atoms with E-state index in [1.807, 2.05) is 30.5 Å². The van der Waals surface area contributed by atoms with Crippen molar-refractivity contribution in [2.24, 2.45) is 0 Å². The summed E-state index contributed by atoms with van der Waals surface area (Å²) in [6.45, 7) is 3.30. The van der Waals surface area contributed by atoms with Crippen molar-refractivity contribution < 1.29 is 9.47 Å². The van der Waals surface area contributed by atoms with Gasteiger partial charge in [0.1, 0.15) is 0 Å². The quantitative estimate of drug-likeness (QED) is 0.455. The molecule has 4 aromatic rings. The highest BCUT2D eigenvalue weighted by Crippen LogP contribution is 2.34. The van der Waals surface area contributed by atoms with E-state index >= 15 is 0 Å². The molecule has 5 rings (SSSR count). The molecular formula is C19H18ClN7O2S. The molecule has 30 heavy (non-hydrogen) atoms. The Morgan fingerprint density at radius 2 is 1.93 bits per heavy atom. The minimum Gasteiger partial charge on any atom is -0.490 e. The normalized spacial score (nSPS) is 13.8. The molecular weight excluding hydrogens is 426 g/mol. The number of aromatic nitrogens is 5. The fraction of sp³-hybridized carbons (Fsp3) is 0.263. The second-order valence-electron chi connectivity index (χ2n) is 6.81. The topological polar surface area (TPSA) is 113 Å². The van der Waals surface area contributed by atoms with Gasteiger partial charge in [-0.1, -0.05) is 0 Å². The lowest BCUT2D eigenvalue weighted by atomic mass is 10.2. The van der Waals surface area contributed by atoms with Gasteiger partial charge in [-0.2, -0.15) is 14.6 Å². The molecule has 0 saturated heterocycles. The molecule has 0 atom stereocenters. The molecule has 0 unspecified atom stereocenters. The number of halogens is 1. The van der Waals surface area contributed by atoms with Crippen LogP contribution < -0.4 is 20.5 Å². The number of thiophene rings is 1. The summed E-state index contributed by atoms with van der Waals surface area (Å²) in [7, 11) is 0. The predicted octanol–water partition coefficient (Wildman–Crippen LogP) is 4.11. The van der Waals surface area contributed by atoms with E-state index in [4.69, 9.17) is 26.8 Å². The number of ether oxygens (including phenoxy) is 2. The molecule has 1 aromatic carbocycles. The first-order valence-corrected chi connectivity index (χ1v) is 10.6. The first-order chi connectivity index (χ1) is 14.6. The van der Waals surface area contributed by atoms with Crippen molar-refractivity contribution in [3.05, 3.63) is 34.4 Å². The van der Waals surface area contributed by atoms with E-state index in [0.29, 0.717) is 30.7 Å². The van der Waals surface area contributed by atoms with Crippen LogP contribution in [-0.4, -0.2) is 37.9 Å². The second kappa shape index (κ2) is 7.62. The highest BCUT2D eigenvalue weighted by atomic mass is 35.5. The van der Waals surface area contributed by atoms with Crippen LogP contribution >= 0.6 is 22.9 Å². The number of fused-ring (bicyclic) bond motifs is 2. The Morgan fingerprint density at radius 3 is 2.77 bits per heavy atom. The van der Waals surface area contributed by atoms with Gasteiger partial charge in [0.2, 0.25) is 17.2 Å². The van der Waals surface area contributed by atoms with Crippen molar-refractivity contribution in [2.45, 2.75) is 19.8 Å². The van der Waals surface area contributed by atoms with Crippen LogP contribution in [0.1, 0.15) is 18.4 Å². The molecule has 1 aliphatic rings. The lowest BCUT2D eigenvalue weighted by molar-refractivity contribution is 0.223. The molecule has 11 heteroatoms. The largest absolute Gasteiger partial charge is 0.490 e. The Hall–Kier alpha value is -3.11. The molecule has 0 amide bonds. The molecule has 0 fully saturated rings. The van der Waals surface area contributed by atoms with E-state index in [0.717, 1.165) is 40.1 Å². The zero-order valence-corrected chi connectivity index (χ0v) is 17.6. The van der Waals surface area contributed by atoms with E-state index in [-0.39, 0.29) is 11.2 Å². The van der Waals surface area contributed by atoms with E-state index < -0.39 is 0 Å². The van der Waals surface area contributed by atoms with Crippen molar-refractivity contribution in [3.63, 3.8) is 0 Å². The van der Waals surface area contributed by atoms with E-state index in [2.05, 4.69) is 25.4 Å². The summed E-state index contributed by atoms with van der Waals surface area (Å²) in [5.74, 6) is 2.43. The third-order valence-electron chi connectivity index (χ3n) is 4.63. The van der Waals surface area contributed by atoms with Crippen LogP contribution in [0.15, 0.2) is 23.6 Å². The third kappa shape index (κ3) is 3.48. The fourth-order valence-corrected chi connectivity index (χ4v) is 4.33. The Morgan fingerprint density at radius 1 is 1.13 bits per heavy atom. The Balaban J connectivity index is 1.55. The predicted molar refractivity (Wildman–Crippen MR) is 116 cm³/mol. The summed E-state index contributed by atoms with van der Waals surface area (Å²) in [4.78, 5) is 13.0. The van der Waals surface area contributed by atoms with Gasteiger partial charge >= 0.3 is 0 Å². The van der Waals surface area contributed by atoms with Crippen molar-refractivity contribution in [1.29, 1.82) is 0 Å². The van der Waals surface area contributed by atoms with Gasteiger partial charge in [-0.15, -0.1) is 16.4 Å². The van der Waals surface area contributed by atoms with Gasteiger partial charge in [0, 0.05) is 11.8 Å². The summed E-state index contributed by atoms with van der Waals surface area (Å²) in [5.41, 5.74) is 8.46. The zero-order valence-electron chi connectivity index (χ0n) is 16.1. The van der Waals surface area contributed by atoms with Crippen molar-refractivity contribution in [2.75, 3.05) is 24.3 Å². The van der Waals surface area contributed by atoms with Crippen LogP contribution in [-0.2, 0) is 0 Å². The fourth-order valence-electron chi connectivity index (χ4n) is 3.21. The maximum Gasteiger partial charge on any atom is 0.241 e. The number of nitrogens with two attached hydrogens (primary N) is 1. The number of benzene rings is 1. The lowest BCUT2D eigenvalue weighted by Gasteiger charge is -2.17. The average molecular weight is 444 g/mol.